The number of fused-ring (bicyclic) bond motifs is 3. The van der Waals surface area contributed by atoms with Crippen molar-refractivity contribution in [2.24, 2.45) is 5.92 Å². The van der Waals surface area contributed by atoms with Gasteiger partial charge in [0, 0.05) is 25.4 Å². The Morgan fingerprint density at radius 1 is 1.04 bits per heavy atom. The van der Waals surface area contributed by atoms with Gasteiger partial charge in [-0.05, 0) is 82.6 Å². The molecule has 5 atom stereocenters. The zero-order valence-corrected chi connectivity index (χ0v) is 30.0. The Hall–Kier alpha value is -4.34. The van der Waals surface area contributed by atoms with Crippen molar-refractivity contribution in [2.75, 3.05) is 6.54 Å². The van der Waals surface area contributed by atoms with E-state index >= 15 is 0 Å². The lowest BCUT2D eigenvalue weighted by Crippen LogP contribution is -2.58. The van der Waals surface area contributed by atoms with Crippen molar-refractivity contribution >= 4 is 39.9 Å². The van der Waals surface area contributed by atoms with E-state index in [1.807, 2.05) is 12.2 Å². The highest BCUT2D eigenvalue weighted by Gasteiger charge is 2.62. The maximum atomic E-state index is 14.3. The summed E-state index contributed by atoms with van der Waals surface area (Å²) >= 11 is 0. The molecule has 1 saturated heterocycles. The summed E-state index contributed by atoms with van der Waals surface area (Å²) in [5.74, 6) is -2.48. The van der Waals surface area contributed by atoms with Gasteiger partial charge in [-0.15, -0.1) is 0 Å². The van der Waals surface area contributed by atoms with E-state index in [-0.39, 0.29) is 44.6 Å². The molecule has 2 saturated carbocycles. The Morgan fingerprint density at radius 3 is 2.51 bits per heavy atom. The van der Waals surface area contributed by atoms with Crippen LogP contribution in [0.3, 0.4) is 0 Å². The summed E-state index contributed by atoms with van der Waals surface area (Å²) in [5.41, 5.74) is -0.738. The summed E-state index contributed by atoms with van der Waals surface area (Å²) in [4.78, 5) is 71.0. The first-order chi connectivity index (χ1) is 24.0. The number of rotatable bonds is 5. The normalized spacial score (nSPS) is 28.9. The maximum Gasteiger partial charge on any atom is 0.410 e. The number of ether oxygens (including phenoxy) is 2. The number of nitrogens with zero attached hydrogens (tertiary/aromatic N) is 2. The monoisotopic (exact) mass is 729 g/mol. The van der Waals surface area contributed by atoms with Gasteiger partial charge in [-0.2, -0.15) is 0 Å². The molecule has 0 radical (unpaired) electrons. The Bertz CT molecular complexity index is 1720. The molecule has 1 unspecified atom stereocenters. The summed E-state index contributed by atoms with van der Waals surface area (Å²) in [7, 11) is -3.91. The first kappa shape index (κ1) is 36.5. The van der Waals surface area contributed by atoms with Gasteiger partial charge in [-0.3, -0.25) is 24.0 Å². The molecule has 0 spiro atoms. The van der Waals surface area contributed by atoms with Gasteiger partial charge in [0.1, 0.15) is 35.1 Å². The molecule has 3 fully saturated rings. The van der Waals surface area contributed by atoms with Crippen LogP contribution in [-0.4, -0.2) is 94.4 Å². The van der Waals surface area contributed by atoms with E-state index < -0.39 is 80.4 Å². The van der Waals surface area contributed by atoms with Crippen LogP contribution in [0, 0.1) is 5.92 Å². The second-order valence-electron chi connectivity index (χ2n) is 15.3. The number of phenolic OH excluding ortho intramolecular Hbond substituents is 1. The average Bonchev–Trinajstić information content (AvgIpc) is 3.93. The molecular weight excluding hydrogens is 682 g/mol. The highest BCUT2D eigenvalue weighted by molar-refractivity contribution is 7.91. The van der Waals surface area contributed by atoms with Gasteiger partial charge < -0.3 is 30.1 Å². The van der Waals surface area contributed by atoms with Crippen LogP contribution in [-0.2, 0) is 47.0 Å². The summed E-state index contributed by atoms with van der Waals surface area (Å²) in [6, 6.07) is 2.59. The molecule has 15 nitrogen and oxygen atoms in total. The van der Waals surface area contributed by atoms with E-state index in [2.05, 4.69) is 15.4 Å². The van der Waals surface area contributed by atoms with Crippen molar-refractivity contribution in [3.63, 3.8) is 0 Å². The maximum absolute atomic E-state index is 14.3. The number of nitrogens with one attached hydrogen (secondary N) is 3. The Labute approximate surface area is 297 Å². The number of hydrogen-bond donors (Lipinski definition) is 4. The summed E-state index contributed by atoms with van der Waals surface area (Å²) in [6.45, 7) is 5.41. The van der Waals surface area contributed by atoms with Crippen molar-refractivity contribution < 1.29 is 47.0 Å². The van der Waals surface area contributed by atoms with Crippen LogP contribution in [0.2, 0.25) is 0 Å². The quantitative estimate of drug-likeness (QED) is 0.327. The molecule has 3 heterocycles. The summed E-state index contributed by atoms with van der Waals surface area (Å²) in [6.07, 6.45) is 5.38. The molecule has 1 aromatic rings. The topological polar surface area (TPSA) is 201 Å². The fourth-order valence-corrected chi connectivity index (χ4v) is 8.39. The molecule has 16 heteroatoms. The number of benzene rings is 1. The van der Waals surface area contributed by atoms with Crippen LogP contribution in [0.1, 0.15) is 89.7 Å². The third-order valence-corrected chi connectivity index (χ3v) is 11.8. The van der Waals surface area contributed by atoms with Crippen LogP contribution >= 0.6 is 0 Å². The largest absolute Gasteiger partial charge is 0.508 e. The number of sulfonamides is 1. The smallest absolute Gasteiger partial charge is 0.410 e. The molecule has 4 N–H and O–H groups in total. The van der Waals surface area contributed by atoms with Gasteiger partial charge in [0.15, 0.2) is 0 Å². The number of carbonyl (C=O) groups is 5. The van der Waals surface area contributed by atoms with Crippen molar-refractivity contribution in [1.82, 2.24) is 25.2 Å². The van der Waals surface area contributed by atoms with Crippen LogP contribution < -0.4 is 15.4 Å². The predicted octanol–water partition coefficient (Wildman–Crippen LogP) is 2.71. The van der Waals surface area contributed by atoms with E-state index in [4.69, 9.17) is 9.47 Å². The average molecular weight is 730 g/mol. The molecule has 3 aliphatic heterocycles. The SMILES string of the molecule is CC(C)(C)OC(=O)N[C@H]1CCCCC/C=C\[C@@H]2C[C@@]2(C(=O)NS(=O)(=O)C2CC2)NC(=O)C2C[C@@H](OC(=O)N3Cc4ccc(O)cc4C3)CN2C1=O. The first-order valence-electron chi connectivity index (χ1n) is 17.7. The van der Waals surface area contributed by atoms with E-state index in [9.17, 15) is 37.5 Å². The van der Waals surface area contributed by atoms with E-state index in [1.165, 1.54) is 15.9 Å². The van der Waals surface area contributed by atoms with Gasteiger partial charge in [0.25, 0.3) is 5.91 Å². The van der Waals surface area contributed by atoms with Gasteiger partial charge in [0.2, 0.25) is 21.8 Å². The van der Waals surface area contributed by atoms with Crippen LogP contribution in [0.25, 0.3) is 0 Å². The number of alkyl carbamates (subject to hydrolysis) is 1. The van der Waals surface area contributed by atoms with Gasteiger partial charge in [-0.25, -0.2) is 18.0 Å². The second-order valence-corrected chi connectivity index (χ2v) is 17.2. The zero-order valence-electron chi connectivity index (χ0n) is 29.2. The molecular formula is C35H47N5O10S. The van der Waals surface area contributed by atoms with E-state index in [0.29, 0.717) is 25.7 Å². The molecule has 0 aromatic heterocycles. The van der Waals surface area contributed by atoms with Crippen molar-refractivity contribution in [2.45, 2.75) is 126 Å². The number of hydrogen-bond acceptors (Lipinski definition) is 10. The lowest BCUT2D eigenvalue weighted by Gasteiger charge is -2.30. The van der Waals surface area contributed by atoms with Crippen LogP contribution in [0.15, 0.2) is 30.4 Å². The third-order valence-electron chi connectivity index (χ3n) is 9.97. The van der Waals surface area contributed by atoms with Crippen LogP contribution in [0.4, 0.5) is 9.59 Å². The van der Waals surface area contributed by atoms with E-state index in [0.717, 1.165) is 24.0 Å². The van der Waals surface area contributed by atoms with Gasteiger partial charge in [0.05, 0.1) is 11.8 Å². The third kappa shape index (κ3) is 8.42. The zero-order chi connectivity index (χ0) is 36.7. The Kier molecular flexibility index (Phi) is 10.0. The molecule has 0 bridgehead atoms. The minimum absolute atomic E-state index is 0.0771. The minimum atomic E-state index is -3.91. The van der Waals surface area contributed by atoms with Crippen molar-refractivity contribution in [3.8, 4) is 5.75 Å². The number of amides is 5. The van der Waals surface area contributed by atoms with Crippen LogP contribution in [0.5, 0.6) is 5.75 Å². The first-order valence-corrected chi connectivity index (χ1v) is 19.2. The molecule has 1 aromatic carbocycles. The Balaban J connectivity index is 1.25. The predicted molar refractivity (Wildman–Crippen MR) is 182 cm³/mol. The summed E-state index contributed by atoms with van der Waals surface area (Å²) in [5, 5.41) is 14.7. The molecule has 5 aliphatic rings. The van der Waals surface area contributed by atoms with E-state index in [1.54, 1.807) is 32.9 Å². The number of aromatic hydroxyl groups is 1. The molecule has 5 amide bonds. The molecule has 2 aliphatic carbocycles. The summed E-state index contributed by atoms with van der Waals surface area (Å²) < 4.78 is 39.0. The van der Waals surface area contributed by atoms with Gasteiger partial charge in [-0.1, -0.05) is 31.1 Å². The lowest BCUT2D eigenvalue weighted by molar-refractivity contribution is -0.141. The highest BCUT2D eigenvalue weighted by atomic mass is 32.2. The standard InChI is InChI=1S/C35H47N5O10S/c1-34(2,3)50-32(45)36-27-10-8-6-4-5-7-9-23-17-35(23,31(44)38-51(47,48)26-13-14-26)37-29(42)28-16-25(20-40(28)30(27)43)49-33(46)39-18-21-11-12-24(41)15-22(21)19-39/h7,9,11-12,15,23,25-28,41H,4-6,8,10,13-14,16-20H2,1-3H3,(H,36,45)(H,37,42)(H,38,44)/b9-7-/t23-,25-,27+,28?,35-/m1/s1. The lowest BCUT2D eigenvalue weighted by atomic mass is 10.0. The second kappa shape index (κ2) is 14.0. The number of phenols is 1. The highest BCUT2D eigenvalue weighted by Crippen LogP contribution is 2.46. The minimum Gasteiger partial charge on any atom is -0.508 e. The Morgan fingerprint density at radius 2 is 1.78 bits per heavy atom. The van der Waals surface area contributed by atoms with Crippen molar-refractivity contribution in [3.05, 3.63) is 41.5 Å². The van der Waals surface area contributed by atoms with Crippen molar-refractivity contribution in [1.29, 1.82) is 0 Å². The number of carbonyl (C=O) groups excluding carboxylic acids is 5. The molecule has 51 heavy (non-hydrogen) atoms. The number of allylic oxidation sites excluding steroid dienone is 1. The fourth-order valence-electron chi connectivity index (χ4n) is 7.02. The molecule has 278 valence electrons. The molecule has 6 rings (SSSR count). The fraction of sp³-hybridized carbons (Fsp3) is 0.629. The van der Waals surface area contributed by atoms with Gasteiger partial charge >= 0.3 is 12.2 Å².